The second-order valence-electron chi connectivity index (χ2n) is 10.4. The van der Waals surface area contributed by atoms with E-state index in [1.54, 1.807) is 11.0 Å². The molecule has 3 aromatic rings. The number of likely N-dealkylation sites (N-methyl/N-ethyl adjacent to an activating group) is 1. The Kier molecular flexibility index (Phi) is 7.88. The molecule has 2 heterocycles. The number of carbonyl (C=O) groups excluding carboxylic acids is 1. The quantitative estimate of drug-likeness (QED) is 0.347. The number of amides is 1. The van der Waals surface area contributed by atoms with E-state index in [1.165, 1.54) is 0 Å². The van der Waals surface area contributed by atoms with E-state index < -0.39 is 14.6 Å². The van der Waals surface area contributed by atoms with E-state index in [2.05, 4.69) is 4.90 Å². The van der Waals surface area contributed by atoms with E-state index in [0.717, 1.165) is 28.8 Å². The summed E-state index contributed by atoms with van der Waals surface area (Å²) >= 11 is 12.5. The molecule has 3 aromatic carbocycles. The van der Waals surface area contributed by atoms with Crippen molar-refractivity contribution in [1.29, 1.82) is 0 Å². The number of likely N-dealkylation sites (tertiary alicyclic amines) is 1. The number of nitrogens with zero attached hydrogens (tertiary/aromatic N) is 2. The van der Waals surface area contributed by atoms with Crippen molar-refractivity contribution in [3.8, 4) is 0 Å². The summed E-state index contributed by atoms with van der Waals surface area (Å²) in [6.45, 7) is 2.14. The van der Waals surface area contributed by atoms with E-state index >= 15 is 0 Å². The van der Waals surface area contributed by atoms with Crippen LogP contribution in [0.25, 0.3) is 0 Å². The minimum absolute atomic E-state index is 0.0264. The topological polar surface area (TPSA) is 57.7 Å². The van der Waals surface area contributed by atoms with Gasteiger partial charge < -0.3 is 9.80 Å². The fourth-order valence-electron chi connectivity index (χ4n) is 6.00. The molecule has 0 radical (unpaired) electrons. The summed E-state index contributed by atoms with van der Waals surface area (Å²) in [6, 6.07) is 22.9. The predicted octanol–water partition coefficient (Wildman–Crippen LogP) is 6.05. The summed E-state index contributed by atoms with van der Waals surface area (Å²) in [4.78, 5) is 17.4. The van der Waals surface area contributed by atoms with Crippen LogP contribution in [0.3, 0.4) is 0 Å². The molecular weight excluding hydrogens is 539 g/mol. The number of sulfone groups is 1. The van der Waals surface area contributed by atoms with Gasteiger partial charge >= 0.3 is 0 Å². The first kappa shape index (κ1) is 27.2. The van der Waals surface area contributed by atoms with Gasteiger partial charge in [0.2, 0.25) is 5.91 Å². The number of piperidine rings is 1. The van der Waals surface area contributed by atoms with Gasteiger partial charge in [-0.2, -0.15) is 0 Å². The Labute approximate surface area is 235 Å². The molecule has 8 heteroatoms. The average molecular weight is 572 g/mol. The molecule has 1 atom stereocenters. The molecule has 2 aliphatic heterocycles. The zero-order chi connectivity index (χ0) is 26.9. The zero-order valence-electron chi connectivity index (χ0n) is 21.4. The van der Waals surface area contributed by atoms with E-state index in [0.29, 0.717) is 48.8 Å². The summed E-state index contributed by atoms with van der Waals surface area (Å²) in [5, 5.41) is 0.940. The molecule has 2 aliphatic rings. The largest absolute Gasteiger partial charge is 0.338 e. The van der Waals surface area contributed by atoms with Crippen LogP contribution in [0.4, 0.5) is 0 Å². The van der Waals surface area contributed by atoms with Gasteiger partial charge in [0.15, 0.2) is 9.84 Å². The summed E-state index contributed by atoms with van der Waals surface area (Å²) < 4.78 is 25.7. The predicted molar refractivity (Wildman–Crippen MR) is 153 cm³/mol. The second-order valence-corrected chi connectivity index (χ2v) is 13.5. The Bertz CT molecular complexity index is 1420. The third-order valence-electron chi connectivity index (χ3n) is 8.22. The summed E-state index contributed by atoms with van der Waals surface area (Å²) in [6.07, 6.45) is 2.20. The van der Waals surface area contributed by atoms with Crippen LogP contribution in [0.5, 0.6) is 0 Å². The van der Waals surface area contributed by atoms with Crippen molar-refractivity contribution in [2.45, 2.75) is 42.2 Å². The average Bonchev–Trinajstić information content (AvgIpc) is 3.13. The summed E-state index contributed by atoms with van der Waals surface area (Å²) in [5.41, 5.74) is 3.83. The molecule has 5 nitrogen and oxygen atoms in total. The van der Waals surface area contributed by atoms with Gasteiger partial charge in [0.1, 0.15) is 4.75 Å². The lowest BCUT2D eigenvalue weighted by molar-refractivity contribution is -0.131. The second kappa shape index (κ2) is 11.0. The van der Waals surface area contributed by atoms with Gasteiger partial charge in [0.25, 0.3) is 0 Å². The van der Waals surface area contributed by atoms with E-state index in [1.807, 2.05) is 73.8 Å². The molecule has 0 aliphatic carbocycles. The van der Waals surface area contributed by atoms with Gasteiger partial charge in [-0.3, -0.25) is 4.79 Å². The third-order valence-corrected chi connectivity index (χ3v) is 11.5. The molecule has 38 heavy (non-hydrogen) atoms. The normalized spacial score (nSPS) is 18.7. The number of rotatable bonds is 7. The first-order valence-electron chi connectivity index (χ1n) is 13.0. The molecule has 1 spiro atoms. The van der Waals surface area contributed by atoms with Crippen molar-refractivity contribution in [3.05, 3.63) is 105 Å². The summed E-state index contributed by atoms with van der Waals surface area (Å²) in [7, 11) is -1.40. The molecule has 0 N–H and O–H groups in total. The highest BCUT2D eigenvalue weighted by Gasteiger charge is 2.52. The van der Waals surface area contributed by atoms with Gasteiger partial charge in [-0.15, -0.1) is 0 Å². The molecule has 0 aromatic heterocycles. The highest BCUT2D eigenvalue weighted by atomic mass is 35.5. The van der Waals surface area contributed by atoms with Crippen LogP contribution in [0.2, 0.25) is 10.0 Å². The van der Waals surface area contributed by atoms with Crippen LogP contribution >= 0.6 is 23.2 Å². The fourth-order valence-corrected chi connectivity index (χ4v) is 8.58. The standard InChI is InChI=1S/C30H32Cl2N2O3S/c1-33(29(35)19-22-7-3-2-4-8-22)28(23-11-12-26(31)27(32)20-23)13-16-34-17-14-30(15-18-34)25-10-6-5-9-24(25)21-38(30,36)37/h2-12,20,28H,13-19,21H2,1H3/t28-/m0/s1. The van der Waals surface area contributed by atoms with Crippen molar-refractivity contribution in [1.82, 2.24) is 9.80 Å². The SMILES string of the molecule is CN(C(=O)Cc1ccccc1)[C@@H](CCN1CCC2(CC1)c1ccccc1CS2(=O)=O)c1ccc(Cl)c(Cl)c1. The molecular formula is C30H32Cl2N2O3S. The maximum atomic E-state index is 13.3. The van der Waals surface area contributed by atoms with Gasteiger partial charge in [0.05, 0.1) is 28.3 Å². The molecule has 200 valence electrons. The van der Waals surface area contributed by atoms with Crippen molar-refractivity contribution < 1.29 is 13.2 Å². The minimum Gasteiger partial charge on any atom is -0.338 e. The van der Waals surface area contributed by atoms with Crippen LogP contribution in [-0.4, -0.2) is 50.8 Å². The summed E-state index contributed by atoms with van der Waals surface area (Å²) in [5.74, 6) is 0.162. The smallest absolute Gasteiger partial charge is 0.227 e. The molecule has 1 saturated heterocycles. The fraction of sp³-hybridized carbons (Fsp3) is 0.367. The Morgan fingerprint density at radius 1 is 0.974 bits per heavy atom. The van der Waals surface area contributed by atoms with Crippen LogP contribution in [0.15, 0.2) is 72.8 Å². The minimum atomic E-state index is -3.24. The Morgan fingerprint density at radius 3 is 2.37 bits per heavy atom. The molecule has 0 saturated carbocycles. The highest BCUT2D eigenvalue weighted by molar-refractivity contribution is 7.92. The lowest BCUT2D eigenvalue weighted by Gasteiger charge is -2.40. The number of fused-ring (bicyclic) bond motifs is 2. The van der Waals surface area contributed by atoms with Gasteiger partial charge in [0, 0.05) is 13.6 Å². The van der Waals surface area contributed by atoms with Crippen molar-refractivity contribution in [2.75, 3.05) is 26.7 Å². The third kappa shape index (κ3) is 5.24. The maximum absolute atomic E-state index is 13.3. The number of carbonyl (C=O) groups is 1. The molecule has 0 unspecified atom stereocenters. The first-order chi connectivity index (χ1) is 18.2. The number of hydrogen-bond donors (Lipinski definition) is 0. The van der Waals surface area contributed by atoms with E-state index in [9.17, 15) is 13.2 Å². The Morgan fingerprint density at radius 2 is 1.66 bits per heavy atom. The van der Waals surface area contributed by atoms with Crippen molar-refractivity contribution in [3.63, 3.8) is 0 Å². The maximum Gasteiger partial charge on any atom is 0.227 e. The molecule has 1 amide bonds. The van der Waals surface area contributed by atoms with Crippen LogP contribution in [0.1, 0.15) is 47.6 Å². The first-order valence-corrected chi connectivity index (χ1v) is 15.4. The van der Waals surface area contributed by atoms with Gasteiger partial charge in [-0.05, 0) is 66.7 Å². The lowest BCUT2D eigenvalue weighted by Crippen LogP contribution is -2.46. The van der Waals surface area contributed by atoms with Crippen LogP contribution in [0, 0.1) is 0 Å². The highest BCUT2D eigenvalue weighted by Crippen LogP contribution is 2.48. The number of benzene rings is 3. The number of hydrogen-bond acceptors (Lipinski definition) is 4. The molecule has 1 fully saturated rings. The van der Waals surface area contributed by atoms with Crippen LogP contribution in [-0.2, 0) is 31.6 Å². The monoisotopic (exact) mass is 570 g/mol. The molecule has 0 bridgehead atoms. The Balaban J connectivity index is 1.30. The Hall–Kier alpha value is -2.38. The van der Waals surface area contributed by atoms with Crippen molar-refractivity contribution in [2.24, 2.45) is 0 Å². The van der Waals surface area contributed by atoms with E-state index in [4.69, 9.17) is 23.2 Å². The van der Waals surface area contributed by atoms with E-state index in [-0.39, 0.29) is 17.7 Å². The molecule has 5 rings (SSSR count). The van der Waals surface area contributed by atoms with Gasteiger partial charge in [-0.25, -0.2) is 8.42 Å². The lowest BCUT2D eigenvalue weighted by atomic mass is 9.86. The van der Waals surface area contributed by atoms with Crippen LogP contribution < -0.4 is 0 Å². The zero-order valence-corrected chi connectivity index (χ0v) is 23.8. The number of halogens is 2. The van der Waals surface area contributed by atoms with Crippen molar-refractivity contribution >= 4 is 38.9 Å². The van der Waals surface area contributed by atoms with Gasteiger partial charge in [-0.1, -0.05) is 83.9 Å².